The van der Waals surface area contributed by atoms with Gasteiger partial charge in [0.25, 0.3) is 0 Å². The Kier molecular flexibility index (Phi) is 5.28. The molecule has 1 saturated heterocycles. The van der Waals surface area contributed by atoms with E-state index in [1.807, 2.05) is 49.3 Å². The van der Waals surface area contributed by atoms with Crippen LogP contribution in [0.5, 0.6) is 0 Å². The highest BCUT2D eigenvalue weighted by molar-refractivity contribution is 7.10. The van der Waals surface area contributed by atoms with Gasteiger partial charge < -0.3 is 4.74 Å². The predicted octanol–water partition coefficient (Wildman–Crippen LogP) is 5.14. The molecule has 1 atom stereocenters. The normalized spacial score (nSPS) is 17.6. The van der Waals surface area contributed by atoms with Gasteiger partial charge in [-0.15, -0.1) is 11.3 Å². The number of likely N-dealkylation sites (tertiary alicyclic amines) is 1. The van der Waals surface area contributed by atoms with E-state index in [1.165, 1.54) is 0 Å². The van der Waals surface area contributed by atoms with Gasteiger partial charge in [0.2, 0.25) is 0 Å². The van der Waals surface area contributed by atoms with Crippen molar-refractivity contribution in [2.45, 2.75) is 51.7 Å². The number of aromatic nitrogens is 1. The third kappa shape index (κ3) is 4.23. The summed E-state index contributed by atoms with van der Waals surface area (Å²) in [5, 5.41) is 12.0. The number of thiazole rings is 1. The maximum atomic E-state index is 12.6. The van der Waals surface area contributed by atoms with E-state index in [-0.39, 0.29) is 12.1 Å². The third-order valence-electron chi connectivity index (χ3n) is 4.23. The van der Waals surface area contributed by atoms with E-state index < -0.39 is 5.60 Å². The summed E-state index contributed by atoms with van der Waals surface area (Å²) in [6, 6.07) is 9.54. The number of amides is 1. The zero-order valence-electron chi connectivity index (χ0n) is 15.4. The van der Waals surface area contributed by atoms with Crippen molar-refractivity contribution in [3.8, 4) is 17.3 Å². The molecule has 0 N–H and O–H groups in total. The second kappa shape index (κ2) is 7.46. The molecule has 1 aromatic carbocycles. The van der Waals surface area contributed by atoms with Crippen LogP contribution in [-0.2, 0) is 4.74 Å². The lowest BCUT2D eigenvalue weighted by molar-refractivity contribution is 0.00950. The molecule has 3 rings (SSSR count). The number of carbonyl (C=O) groups excluding carboxylic acids is 1. The van der Waals surface area contributed by atoms with E-state index in [1.54, 1.807) is 17.4 Å². The molecule has 2 aromatic rings. The van der Waals surface area contributed by atoms with Crippen LogP contribution in [0.15, 0.2) is 29.6 Å². The number of benzene rings is 1. The molecule has 2 heterocycles. The molecular formula is C20H23N3O2S. The van der Waals surface area contributed by atoms with Gasteiger partial charge in [-0.25, -0.2) is 9.78 Å². The van der Waals surface area contributed by atoms with E-state index in [0.29, 0.717) is 12.1 Å². The Labute approximate surface area is 158 Å². The standard InChI is InChI=1S/C20H23N3O2S/c1-20(2,3)25-19(24)23-10-5-4-9-17(23)18-22-16(13-26-18)15-8-6-7-14(11-15)12-21/h6-8,11,13,17H,4-5,9-10H2,1-3H3/t17-/m1/s1. The summed E-state index contributed by atoms with van der Waals surface area (Å²) in [6.07, 6.45) is 2.68. The van der Waals surface area contributed by atoms with Crippen LogP contribution in [0.4, 0.5) is 4.79 Å². The zero-order chi connectivity index (χ0) is 18.7. The highest BCUT2D eigenvalue weighted by Gasteiger charge is 2.33. The van der Waals surface area contributed by atoms with Crippen LogP contribution < -0.4 is 0 Å². The van der Waals surface area contributed by atoms with Crippen LogP contribution in [0.1, 0.15) is 56.6 Å². The Morgan fingerprint density at radius 1 is 1.38 bits per heavy atom. The summed E-state index contributed by atoms with van der Waals surface area (Å²) in [5.41, 5.74) is 1.87. The molecule has 0 bridgehead atoms. The number of hydrogen-bond donors (Lipinski definition) is 0. The van der Waals surface area contributed by atoms with E-state index in [0.717, 1.165) is 35.5 Å². The fourth-order valence-corrected chi connectivity index (χ4v) is 4.02. The number of carbonyl (C=O) groups is 1. The van der Waals surface area contributed by atoms with Crippen molar-refractivity contribution < 1.29 is 9.53 Å². The molecule has 1 aliphatic rings. The third-order valence-corrected chi connectivity index (χ3v) is 5.17. The maximum Gasteiger partial charge on any atom is 0.410 e. The molecule has 0 radical (unpaired) electrons. The Balaban J connectivity index is 1.84. The van der Waals surface area contributed by atoms with Gasteiger partial charge in [-0.3, -0.25) is 4.90 Å². The van der Waals surface area contributed by atoms with Gasteiger partial charge in [0.15, 0.2) is 0 Å². The number of hydrogen-bond acceptors (Lipinski definition) is 5. The van der Waals surface area contributed by atoms with Gasteiger partial charge in [-0.05, 0) is 52.2 Å². The maximum absolute atomic E-state index is 12.6. The average molecular weight is 369 g/mol. The zero-order valence-corrected chi connectivity index (χ0v) is 16.2. The van der Waals surface area contributed by atoms with E-state index in [4.69, 9.17) is 15.0 Å². The van der Waals surface area contributed by atoms with Gasteiger partial charge in [-0.1, -0.05) is 12.1 Å². The number of nitriles is 1. The molecular weight excluding hydrogens is 346 g/mol. The minimum atomic E-state index is -0.509. The van der Waals surface area contributed by atoms with Crippen LogP contribution in [0.25, 0.3) is 11.3 Å². The van der Waals surface area contributed by atoms with Gasteiger partial charge in [0, 0.05) is 17.5 Å². The Morgan fingerprint density at radius 2 is 2.19 bits per heavy atom. The fraction of sp³-hybridized carbons (Fsp3) is 0.450. The van der Waals surface area contributed by atoms with Crippen molar-refractivity contribution in [2.75, 3.05) is 6.54 Å². The molecule has 0 spiro atoms. The van der Waals surface area contributed by atoms with Gasteiger partial charge in [0.1, 0.15) is 10.6 Å². The van der Waals surface area contributed by atoms with Crippen molar-refractivity contribution >= 4 is 17.4 Å². The van der Waals surface area contributed by atoms with Crippen molar-refractivity contribution in [1.82, 2.24) is 9.88 Å². The number of ether oxygens (including phenoxy) is 1. The van der Waals surface area contributed by atoms with Crippen molar-refractivity contribution in [2.24, 2.45) is 0 Å². The Morgan fingerprint density at radius 3 is 2.92 bits per heavy atom. The van der Waals surface area contributed by atoms with Gasteiger partial charge in [0.05, 0.1) is 23.4 Å². The topological polar surface area (TPSA) is 66.2 Å². The molecule has 1 aliphatic heterocycles. The fourth-order valence-electron chi connectivity index (χ4n) is 3.05. The lowest BCUT2D eigenvalue weighted by Crippen LogP contribution is -2.41. The van der Waals surface area contributed by atoms with Gasteiger partial charge in [-0.2, -0.15) is 5.26 Å². The smallest absolute Gasteiger partial charge is 0.410 e. The van der Waals surface area contributed by atoms with E-state index in [2.05, 4.69) is 6.07 Å². The Bertz CT molecular complexity index is 832. The molecule has 1 aromatic heterocycles. The first-order valence-electron chi connectivity index (χ1n) is 8.83. The summed E-state index contributed by atoms with van der Waals surface area (Å²) in [7, 11) is 0. The molecule has 0 saturated carbocycles. The SMILES string of the molecule is CC(C)(C)OC(=O)N1CCCC[C@@H]1c1nc(-c2cccc(C#N)c2)cs1. The van der Waals surface area contributed by atoms with Crippen LogP contribution >= 0.6 is 11.3 Å². The molecule has 136 valence electrons. The van der Waals surface area contributed by atoms with Crippen LogP contribution in [0.3, 0.4) is 0 Å². The summed E-state index contributed by atoms with van der Waals surface area (Å²) >= 11 is 1.56. The van der Waals surface area contributed by atoms with Crippen molar-refractivity contribution in [3.63, 3.8) is 0 Å². The largest absolute Gasteiger partial charge is 0.444 e. The van der Waals surface area contributed by atoms with Crippen molar-refractivity contribution in [3.05, 3.63) is 40.2 Å². The van der Waals surface area contributed by atoms with E-state index >= 15 is 0 Å². The summed E-state index contributed by atoms with van der Waals surface area (Å²) in [5.74, 6) is 0. The quantitative estimate of drug-likeness (QED) is 0.735. The lowest BCUT2D eigenvalue weighted by atomic mass is 10.0. The summed E-state index contributed by atoms with van der Waals surface area (Å²) in [4.78, 5) is 19.2. The minimum Gasteiger partial charge on any atom is -0.444 e. The number of rotatable bonds is 2. The van der Waals surface area contributed by atoms with Crippen LogP contribution in [-0.4, -0.2) is 28.1 Å². The first-order chi connectivity index (χ1) is 12.4. The second-order valence-corrected chi connectivity index (χ2v) is 8.34. The van der Waals surface area contributed by atoms with Crippen LogP contribution in [0.2, 0.25) is 0 Å². The van der Waals surface area contributed by atoms with Crippen molar-refractivity contribution in [1.29, 1.82) is 5.26 Å². The second-order valence-electron chi connectivity index (χ2n) is 7.45. The molecule has 26 heavy (non-hydrogen) atoms. The predicted molar refractivity (Wildman–Crippen MR) is 102 cm³/mol. The highest BCUT2D eigenvalue weighted by Crippen LogP contribution is 2.35. The molecule has 0 aliphatic carbocycles. The van der Waals surface area contributed by atoms with Crippen LogP contribution in [0, 0.1) is 11.3 Å². The molecule has 1 amide bonds. The first kappa shape index (κ1) is 18.4. The molecule has 5 nitrogen and oxygen atoms in total. The van der Waals surface area contributed by atoms with E-state index in [9.17, 15) is 4.79 Å². The first-order valence-corrected chi connectivity index (χ1v) is 9.71. The Hall–Kier alpha value is -2.39. The molecule has 6 heteroatoms. The summed E-state index contributed by atoms with van der Waals surface area (Å²) < 4.78 is 5.58. The lowest BCUT2D eigenvalue weighted by Gasteiger charge is -2.35. The molecule has 1 fully saturated rings. The summed E-state index contributed by atoms with van der Waals surface area (Å²) in [6.45, 7) is 6.34. The minimum absolute atomic E-state index is 0.0449. The number of nitrogens with zero attached hydrogens (tertiary/aromatic N) is 3. The average Bonchev–Trinajstić information content (AvgIpc) is 3.10. The monoisotopic (exact) mass is 369 g/mol. The highest BCUT2D eigenvalue weighted by atomic mass is 32.1. The number of piperidine rings is 1. The van der Waals surface area contributed by atoms with Gasteiger partial charge >= 0.3 is 6.09 Å². The molecule has 0 unspecified atom stereocenters.